The van der Waals surface area contributed by atoms with E-state index in [-0.39, 0.29) is 35.2 Å². The number of halogens is 1. The molecule has 0 atom stereocenters. The zero-order chi connectivity index (χ0) is 19.2. The van der Waals surface area contributed by atoms with E-state index < -0.39 is 17.0 Å². The van der Waals surface area contributed by atoms with Crippen molar-refractivity contribution < 1.29 is 14.3 Å². The molecular weight excluding hydrogens is 337 g/mol. The Morgan fingerprint density at radius 1 is 1.46 bits per heavy atom. The molecule has 1 aromatic carbocycles. The second-order valence-corrected chi connectivity index (χ2v) is 7.79. The third-order valence-electron chi connectivity index (χ3n) is 4.86. The molecule has 0 saturated heterocycles. The standard InChI is InChI=1S/C19H24FN3O3/c1-10(2)17-15-13(6-5-11(3)16(15)20)18(25)23(22-17)9-14(24)21-12-7-19(4,26)8-12/h5-6,10,12,26H,7-9H2,1-4H3,(H,21,24). The highest BCUT2D eigenvalue weighted by atomic mass is 19.1. The van der Waals surface area contributed by atoms with E-state index in [0.717, 1.165) is 4.68 Å². The van der Waals surface area contributed by atoms with Gasteiger partial charge in [0.1, 0.15) is 12.4 Å². The van der Waals surface area contributed by atoms with Crippen molar-refractivity contribution in [2.24, 2.45) is 0 Å². The van der Waals surface area contributed by atoms with Gasteiger partial charge in [-0.15, -0.1) is 0 Å². The zero-order valence-electron chi connectivity index (χ0n) is 15.5. The van der Waals surface area contributed by atoms with E-state index in [4.69, 9.17) is 0 Å². The Kier molecular flexibility index (Phi) is 4.60. The molecule has 2 aromatic rings. The summed E-state index contributed by atoms with van der Waals surface area (Å²) in [4.78, 5) is 24.9. The summed E-state index contributed by atoms with van der Waals surface area (Å²) in [5.74, 6) is -0.892. The monoisotopic (exact) mass is 361 g/mol. The van der Waals surface area contributed by atoms with Crippen LogP contribution in [-0.4, -0.2) is 32.4 Å². The van der Waals surface area contributed by atoms with Crippen LogP contribution in [0.15, 0.2) is 16.9 Å². The number of aryl methyl sites for hydroxylation is 1. The fourth-order valence-corrected chi connectivity index (χ4v) is 3.50. The topological polar surface area (TPSA) is 84.2 Å². The summed E-state index contributed by atoms with van der Waals surface area (Å²) in [6.07, 6.45) is 0.973. The van der Waals surface area contributed by atoms with Gasteiger partial charge >= 0.3 is 0 Å². The van der Waals surface area contributed by atoms with Crippen LogP contribution in [0.25, 0.3) is 10.8 Å². The van der Waals surface area contributed by atoms with Crippen molar-refractivity contribution in [2.45, 2.75) is 64.6 Å². The van der Waals surface area contributed by atoms with Crippen molar-refractivity contribution in [3.8, 4) is 0 Å². The molecule has 3 rings (SSSR count). The molecule has 0 unspecified atom stereocenters. The second kappa shape index (κ2) is 6.46. The van der Waals surface area contributed by atoms with Crippen LogP contribution in [0.3, 0.4) is 0 Å². The lowest BCUT2D eigenvalue weighted by Crippen LogP contribution is -2.54. The average Bonchev–Trinajstić information content (AvgIpc) is 2.51. The van der Waals surface area contributed by atoms with Crippen LogP contribution in [0.5, 0.6) is 0 Å². The predicted molar refractivity (Wildman–Crippen MR) is 96.6 cm³/mol. The lowest BCUT2D eigenvalue weighted by Gasteiger charge is -2.41. The molecule has 1 heterocycles. The quantitative estimate of drug-likeness (QED) is 0.872. The molecule has 26 heavy (non-hydrogen) atoms. The highest BCUT2D eigenvalue weighted by molar-refractivity contribution is 5.86. The molecule has 1 amide bonds. The predicted octanol–water partition coefficient (Wildman–Crippen LogP) is 2.00. The number of carbonyl (C=O) groups is 1. The summed E-state index contributed by atoms with van der Waals surface area (Å²) in [5.41, 5.74) is -0.316. The fourth-order valence-electron chi connectivity index (χ4n) is 3.50. The fraction of sp³-hybridized carbons (Fsp3) is 0.526. The van der Waals surface area contributed by atoms with Crippen LogP contribution in [-0.2, 0) is 11.3 Å². The van der Waals surface area contributed by atoms with Gasteiger partial charge in [0, 0.05) is 11.4 Å². The summed E-state index contributed by atoms with van der Waals surface area (Å²) in [7, 11) is 0. The van der Waals surface area contributed by atoms with E-state index >= 15 is 0 Å². The van der Waals surface area contributed by atoms with Gasteiger partial charge in [-0.3, -0.25) is 9.59 Å². The first-order valence-corrected chi connectivity index (χ1v) is 8.80. The van der Waals surface area contributed by atoms with Gasteiger partial charge in [-0.2, -0.15) is 5.10 Å². The van der Waals surface area contributed by atoms with Gasteiger partial charge in [0.15, 0.2) is 0 Å². The number of nitrogens with one attached hydrogen (secondary N) is 1. The van der Waals surface area contributed by atoms with Crippen LogP contribution < -0.4 is 10.9 Å². The van der Waals surface area contributed by atoms with Gasteiger partial charge in [0.2, 0.25) is 5.91 Å². The molecule has 1 saturated carbocycles. The van der Waals surface area contributed by atoms with Gasteiger partial charge in [-0.1, -0.05) is 19.9 Å². The SMILES string of the molecule is Cc1ccc2c(=O)n(CC(=O)NC3CC(C)(O)C3)nc(C(C)C)c2c1F. The van der Waals surface area contributed by atoms with Crippen LogP contribution in [0.1, 0.15) is 50.8 Å². The van der Waals surface area contributed by atoms with Crippen molar-refractivity contribution >= 4 is 16.7 Å². The van der Waals surface area contributed by atoms with Gasteiger partial charge in [0.05, 0.1) is 16.7 Å². The Hall–Kier alpha value is -2.28. The Bertz CT molecular complexity index is 926. The smallest absolute Gasteiger partial charge is 0.275 e. The second-order valence-electron chi connectivity index (χ2n) is 7.79. The lowest BCUT2D eigenvalue weighted by molar-refractivity contribution is -0.125. The summed E-state index contributed by atoms with van der Waals surface area (Å²) >= 11 is 0. The molecule has 7 heteroatoms. The Morgan fingerprint density at radius 2 is 2.12 bits per heavy atom. The molecule has 0 radical (unpaired) electrons. The normalized spacial score (nSPS) is 22.5. The van der Waals surface area contributed by atoms with Crippen LogP contribution in [0, 0.1) is 12.7 Å². The Labute approximate surface area is 151 Å². The molecule has 1 aliphatic carbocycles. The maximum atomic E-state index is 14.6. The molecule has 0 aliphatic heterocycles. The molecule has 1 aliphatic rings. The zero-order valence-corrected chi connectivity index (χ0v) is 15.5. The molecule has 2 N–H and O–H groups in total. The lowest BCUT2D eigenvalue weighted by atomic mass is 9.77. The minimum Gasteiger partial charge on any atom is -0.390 e. The highest BCUT2D eigenvalue weighted by Gasteiger charge is 2.39. The van der Waals surface area contributed by atoms with Crippen molar-refractivity contribution in [1.29, 1.82) is 0 Å². The molecular formula is C19H24FN3O3. The first-order chi connectivity index (χ1) is 12.1. The highest BCUT2D eigenvalue weighted by Crippen LogP contribution is 2.31. The van der Waals surface area contributed by atoms with Crippen LogP contribution >= 0.6 is 0 Å². The van der Waals surface area contributed by atoms with Gasteiger partial charge in [-0.25, -0.2) is 9.07 Å². The van der Waals surface area contributed by atoms with E-state index in [1.807, 2.05) is 13.8 Å². The minimum absolute atomic E-state index is 0.0988. The third-order valence-corrected chi connectivity index (χ3v) is 4.86. The summed E-state index contributed by atoms with van der Waals surface area (Å²) < 4.78 is 15.7. The number of fused-ring (bicyclic) bond motifs is 1. The van der Waals surface area contributed by atoms with E-state index in [1.54, 1.807) is 26.0 Å². The van der Waals surface area contributed by atoms with E-state index in [2.05, 4.69) is 10.4 Å². The summed E-state index contributed by atoms with van der Waals surface area (Å²) in [6, 6.07) is 3.05. The van der Waals surface area contributed by atoms with Crippen molar-refractivity contribution in [1.82, 2.24) is 15.1 Å². The minimum atomic E-state index is -0.740. The number of hydrogen-bond acceptors (Lipinski definition) is 4. The maximum absolute atomic E-state index is 14.6. The molecule has 1 aromatic heterocycles. The van der Waals surface area contributed by atoms with Crippen LogP contribution in [0.4, 0.5) is 4.39 Å². The third kappa shape index (κ3) is 3.35. The first kappa shape index (κ1) is 18.5. The van der Waals surface area contributed by atoms with Gasteiger partial charge in [0.25, 0.3) is 5.56 Å². The van der Waals surface area contributed by atoms with Crippen molar-refractivity contribution in [3.05, 3.63) is 39.6 Å². The number of nitrogens with zero attached hydrogens (tertiary/aromatic N) is 2. The summed E-state index contributed by atoms with van der Waals surface area (Å²) in [5, 5.41) is 17.3. The average molecular weight is 361 g/mol. The van der Waals surface area contributed by atoms with Gasteiger partial charge in [-0.05, 0) is 44.2 Å². The number of aromatic nitrogens is 2. The number of benzene rings is 1. The largest absolute Gasteiger partial charge is 0.390 e. The maximum Gasteiger partial charge on any atom is 0.275 e. The Balaban J connectivity index is 1.94. The molecule has 0 bridgehead atoms. The van der Waals surface area contributed by atoms with Crippen molar-refractivity contribution in [2.75, 3.05) is 0 Å². The van der Waals surface area contributed by atoms with E-state index in [0.29, 0.717) is 24.1 Å². The van der Waals surface area contributed by atoms with E-state index in [1.165, 1.54) is 0 Å². The van der Waals surface area contributed by atoms with Crippen molar-refractivity contribution in [3.63, 3.8) is 0 Å². The van der Waals surface area contributed by atoms with E-state index in [9.17, 15) is 19.1 Å². The van der Waals surface area contributed by atoms with Gasteiger partial charge < -0.3 is 10.4 Å². The first-order valence-electron chi connectivity index (χ1n) is 8.80. The number of amides is 1. The number of carbonyl (C=O) groups excluding carboxylic acids is 1. The molecule has 140 valence electrons. The number of hydrogen-bond donors (Lipinski definition) is 2. The number of aliphatic hydroxyl groups is 1. The Morgan fingerprint density at radius 3 is 2.69 bits per heavy atom. The number of rotatable bonds is 4. The molecule has 0 spiro atoms. The van der Waals surface area contributed by atoms with Crippen LogP contribution in [0.2, 0.25) is 0 Å². The molecule has 1 fully saturated rings. The summed E-state index contributed by atoms with van der Waals surface area (Å²) in [6.45, 7) is 6.87. The molecule has 6 nitrogen and oxygen atoms in total.